The average Bonchev–Trinajstić information content (AvgIpc) is 2.58. The van der Waals surface area contributed by atoms with E-state index in [1.54, 1.807) is 4.72 Å². The van der Waals surface area contributed by atoms with Crippen molar-refractivity contribution >= 4 is 15.9 Å². The molecule has 27 heavy (non-hydrogen) atoms. The SMILES string of the molecule is CC(C)(Oc1ccc(C#N)cc1)C(=O)NS(=O)(=O)Cc1c(F)cccc1F. The molecule has 0 unspecified atom stereocenters. The zero-order valence-corrected chi connectivity index (χ0v) is 15.3. The third-order valence-electron chi connectivity index (χ3n) is 3.55. The Kier molecular flexibility index (Phi) is 5.81. The van der Waals surface area contributed by atoms with Crippen LogP contribution in [0.1, 0.15) is 25.0 Å². The summed E-state index contributed by atoms with van der Waals surface area (Å²) in [5.74, 6) is -3.86. The summed E-state index contributed by atoms with van der Waals surface area (Å²) in [4.78, 5) is 12.3. The van der Waals surface area contributed by atoms with Gasteiger partial charge in [-0.05, 0) is 50.2 Å². The Balaban J connectivity index is 2.12. The zero-order chi connectivity index (χ0) is 20.2. The van der Waals surface area contributed by atoms with Crippen molar-refractivity contribution in [2.45, 2.75) is 25.2 Å². The molecule has 0 heterocycles. The number of rotatable bonds is 6. The number of carbonyl (C=O) groups excluding carboxylic acids is 1. The fourth-order valence-electron chi connectivity index (χ4n) is 2.10. The molecular formula is C18H16F2N2O4S. The van der Waals surface area contributed by atoms with Gasteiger partial charge in [-0.2, -0.15) is 5.26 Å². The highest BCUT2D eigenvalue weighted by molar-refractivity contribution is 7.89. The molecule has 0 aliphatic rings. The van der Waals surface area contributed by atoms with Gasteiger partial charge in [-0.15, -0.1) is 0 Å². The molecule has 0 bridgehead atoms. The number of hydrogen-bond acceptors (Lipinski definition) is 5. The summed E-state index contributed by atoms with van der Waals surface area (Å²) in [6.45, 7) is 2.67. The monoisotopic (exact) mass is 394 g/mol. The second-order valence-electron chi connectivity index (χ2n) is 6.14. The smallest absolute Gasteiger partial charge is 0.277 e. The van der Waals surface area contributed by atoms with Gasteiger partial charge < -0.3 is 4.74 Å². The standard InChI is InChI=1S/C18H16F2N2O4S/c1-18(2,26-13-8-6-12(10-21)7-9-13)17(23)22-27(24,25)11-14-15(19)4-3-5-16(14)20/h3-9H,11H2,1-2H3,(H,22,23). The molecule has 0 radical (unpaired) electrons. The predicted molar refractivity (Wildman–Crippen MR) is 93.0 cm³/mol. The van der Waals surface area contributed by atoms with Gasteiger partial charge in [-0.1, -0.05) is 6.07 Å². The van der Waals surface area contributed by atoms with E-state index in [0.717, 1.165) is 18.2 Å². The Labute approximate surface area is 155 Å². The molecular weight excluding hydrogens is 378 g/mol. The number of amides is 1. The number of halogens is 2. The Hall–Kier alpha value is -2.99. The molecule has 2 rings (SSSR count). The lowest BCUT2D eigenvalue weighted by Crippen LogP contribution is -2.48. The summed E-state index contributed by atoms with van der Waals surface area (Å²) in [6, 6.07) is 10.7. The maximum absolute atomic E-state index is 13.6. The van der Waals surface area contributed by atoms with Crippen molar-refractivity contribution in [3.63, 3.8) is 0 Å². The third kappa shape index (κ3) is 5.24. The van der Waals surface area contributed by atoms with E-state index in [9.17, 15) is 22.0 Å². The van der Waals surface area contributed by atoms with E-state index in [4.69, 9.17) is 10.00 Å². The van der Waals surface area contributed by atoms with Gasteiger partial charge >= 0.3 is 0 Å². The second kappa shape index (κ2) is 7.72. The van der Waals surface area contributed by atoms with Crippen LogP contribution in [0.15, 0.2) is 42.5 Å². The van der Waals surface area contributed by atoms with Crippen molar-refractivity contribution in [1.82, 2.24) is 4.72 Å². The van der Waals surface area contributed by atoms with E-state index in [2.05, 4.69) is 0 Å². The van der Waals surface area contributed by atoms with Gasteiger partial charge in [-0.25, -0.2) is 21.9 Å². The first-order valence-electron chi connectivity index (χ1n) is 7.71. The highest BCUT2D eigenvalue weighted by atomic mass is 32.2. The normalized spacial score (nSPS) is 11.5. The molecule has 2 aromatic carbocycles. The predicted octanol–water partition coefficient (Wildman–Crippen LogP) is 2.64. The first-order chi connectivity index (χ1) is 12.5. The Morgan fingerprint density at radius 1 is 1.15 bits per heavy atom. The van der Waals surface area contributed by atoms with Crippen LogP contribution in [0.4, 0.5) is 8.78 Å². The number of nitriles is 1. The molecule has 0 aliphatic carbocycles. The second-order valence-corrected chi connectivity index (χ2v) is 7.86. The number of ether oxygens (including phenoxy) is 1. The van der Waals surface area contributed by atoms with Crippen LogP contribution >= 0.6 is 0 Å². The van der Waals surface area contributed by atoms with Crippen molar-refractivity contribution in [2.75, 3.05) is 0 Å². The van der Waals surface area contributed by atoms with Crippen LogP contribution < -0.4 is 9.46 Å². The fraction of sp³-hybridized carbons (Fsp3) is 0.222. The summed E-state index contributed by atoms with van der Waals surface area (Å²) >= 11 is 0. The topological polar surface area (TPSA) is 96.3 Å². The van der Waals surface area contributed by atoms with Crippen LogP contribution in [-0.2, 0) is 20.6 Å². The van der Waals surface area contributed by atoms with Crippen molar-refractivity contribution in [3.8, 4) is 11.8 Å². The number of nitrogens with zero attached hydrogens (tertiary/aromatic N) is 1. The molecule has 2 aromatic rings. The molecule has 0 aromatic heterocycles. The van der Waals surface area contributed by atoms with E-state index < -0.39 is 44.5 Å². The summed E-state index contributed by atoms with van der Waals surface area (Å²) < 4.78 is 58.8. The highest BCUT2D eigenvalue weighted by Crippen LogP contribution is 2.20. The molecule has 6 nitrogen and oxygen atoms in total. The van der Waals surface area contributed by atoms with Crippen LogP contribution in [0, 0.1) is 23.0 Å². The minimum Gasteiger partial charge on any atom is -0.478 e. The third-order valence-corrected chi connectivity index (χ3v) is 4.71. The molecule has 0 saturated heterocycles. The van der Waals surface area contributed by atoms with Crippen LogP contribution in [-0.4, -0.2) is 19.9 Å². The number of benzene rings is 2. The van der Waals surface area contributed by atoms with Gasteiger partial charge in [0.15, 0.2) is 5.60 Å². The zero-order valence-electron chi connectivity index (χ0n) is 14.5. The lowest BCUT2D eigenvalue weighted by atomic mass is 10.1. The maximum Gasteiger partial charge on any atom is 0.277 e. The lowest BCUT2D eigenvalue weighted by molar-refractivity contribution is -0.132. The highest BCUT2D eigenvalue weighted by Gasteiger charge is 2.33. The Bertz CT molecular complexity index is 977. The van der Waals surface area contributed by atoms with Crippen LogP contribution in [0.3, 0.4) is 0 Å². The number of nitrogens with one attached hydrogen (secondary N) is 1. The Morgan fingerprint density at radius 3 is 2.22 bits per heavy atom. The van der Waals surface area contributed by atoms with Gasteiger partial charge in [0.1, 0.15) is 23.1 Å². The van der Waals surface area contributed by atoms with Crippen molar-refractivity contribution in [2.24, 2.45) is 0 Å². The molecule has 142 valence electrons. The van der Waals surface area contributed by atoms with Crippen molar-refractivity contribution < 1.29 is 26.7 Å². The summed E-state index contributed by atoms with van der Waals surface area (Å²) in [5.41, 5.74) is -1.88. The lowest BCUT2D eigenvalue weighted by Gasteiger charge is -2.25. The molecule has 9 heteroatoms. The minimum absolute atomic E-state index is 0.242. The summed E-state index contributed by atoms with van der Waals surface area (Å²) in [7, 11) is -4.37. The van der Waals surface area contributed by atoms with Crippen LogP contribution in [0.25, 0.3) is 0 Å². The van der Waals surface area contributed by atoms with E-state index in [1.165, 1.54) is 38.1 Å². The van der Waals surface area contributed by atoms with Gasteiger partial charge in [0.05, 0.1) is 11.6 Å². The van der Waals surface area contributed by atoms with Gasteiger partial charge in [0, 0.05) is 5.56 Å². The minimum atomic E-state index is -4.37. The largest absolute Gasteiger partial charge is 0.478 e. The molecule has 1 N–H and O–H groups in total. The molecule has 0 aliphatic heterocycles. The van der Waals surface area contributed by atoms with E-state index in [-0.39, 0.29) is 5.75 Å². The molecule has 0 saturated carbocycles. The molecule has 0 spiro atoms. The number of hydrogen-bond donors (Lipinski definition) is 1. The fourth-order valence-corrected chi connectivity index (χ4v) is 3.36. The quantitative estimate of drug-likeness (QED) is 0.813. The van der Waals surface area contributed by atoms with E-state index in [1.807, 2.05) is 6.07 Å². The molecule has 0 atom stereocenters. The maximum atomic E-state index is 13.6. The Morgan fingerprint density at radius 2 is 1.70 bits per heavy atom. The van der Waals surface area contributed by atoms with Crippen molar-refractivity contribution in [3.05, 3.63) is 65.2 Å². The summed E-state index contributed by atoms with van der Waals surface area (Å²) in [5, 5.41) is 8.76. The van der Waals surface area contributed by atoms with E-state index >= 15 is 0 Å². The number of carbonyl (C=O) groups is 1. The van der Waals surface area contributed by atoms with E-state index in [0.29, 0.717) is 5.56 Å². The van der Waals surface area contributed by atoms with Gasteiger partial charge in [0.25, 0.3) is 5.91 Å². The van der Waals surface area contributed by atoms with Gasteiger partial charge in [0.2, 0.25) is 10.0 Å². The average molecular weight is 394 g/mol. The van der Waals surface area contributed by atoms with Gasteiger partial charge in [-0.3, -0.25) is 4.79 Å². The first kappa shape index (κ1) is 20.3. The van der Waals surface area contributed by atoms with Crippen molar-refractivity contribution in [1.29, 1.82) is 5.26 Å². The number of sulfonamides is 1. The molecule has 1 amide bonds. The van der Waals surface area contributed by atoms with Crippen LogP contribution in [0.2, 0.25) is 0 Å². The summed E-state index contributed by atoms with van der Waals surface area (Å²) in [6.07, 6.45) is 0. The molecule has 0 fully saturated rings. The first-order valence-corrected chi connectivity index (χ1v) is 9.36. The van der Waals surface area contributed by atoms with Crippen LogP contribution in [0.5, 0.6) is 5.75 Å².